The first-order valence-corrected chi connectivity index (χ1v) is 10.3. The summed E-state index contributed by atoms with van der Waals surface area (Å²) in [5, 5.41) is 3.46. The van der Waals surface area contributed by atoms with Crippen LogP contribution in [0, 0.1) is 0 Å². The molecule has 0 radical (unpaired) electrons. The van der Waals surface area contributed by atoms with Crippen LogP contribution in [0.25, 0.3) is 0 Å². The van der Waals surface area contributed by atoms with Gasteiger partial charge in [-0.25, -0.2) is 0 Å². The maximum absolute atomic E-state index is 13.0. The Morgan fingerprint density at radius 1 is 1.10 bits per heavy atom. The number of hydrogen-bond acceptors (Lipinski definition) is 4. The second kappa shape index (κ2) is 11.5. The van der Waals surface area contributed by atoms with Gasteiger partial charge in [0.2, 0.25) is 5.91 Å². The second-order valence-corrected chi connectivity index (χ2v) is 7.55. The normalized spacial score (nSPS) is 12.6. The van der Waals surface area contributed by atoms with Gasteiger partial charge in [-0.3, -0.25) is 9.59 Å². The largest absolute Gasteiger partial charge is 0.497 e. The summed E-state index contributed by atoms with van der Waals surface area (Å²) in [5.74, 6) is 0.675. The average molecular weight is 433 g/mol. The summed E-state index contributed by atoms with van der Waals surface area (Å²) in [5.41, 5.74) is 0.855. The number of methoxy groups -OCH3 is 1. The van der Waals surface area contributed by atoms with Crippen molar-refractivity contribution in [2.75, 3.05) is 13.7 Å². The second-order valence-electron chi connectivity index (χ2n) is 7.11. The van der Waals surface area contributed by atoms with Crippen molar-refractivity contribution in [1.29, 1.82) is 0 Å². The van der Waals surface area contributed by atoms with E-state index < -0.39 is 6.04 Å². The number of nitrogens with zero attached hydrogens (tertiary/aromatic N) is 1. The van der Waals surface area contributed by atoms with Gasteiger partial charge in [0.15, 0.2) is 6.61 Å². The Labute approximate surface area is 183 Å². The van der Waals surface area contributed by atoms with Gasteiger partial charge in [0, 0.05) is 17.6 Å². The fourth-order valence-electron chi connectivity index (χ4n) is 2.80. The van der Waals surface area contributed by atoms with Crippen LogP contribution in [0.1, 0.15) is 32.8 Å². The molecule has 0 saturated heterocycles. The van der Waals surface area contributed by atoms with Crippen LogP contribution in [-0.2, 0) is 16.1 Å². The van der Waals surface area contributed by atoms with Crippen molar-refractivity contribution < 1.29 is 19.1 Å². The third kappa shape index (κ3) is 6.95. The van der Waals surface area contributed by atoms with E-state index in [0.29, 0.717) is 16.5 Å². The molecule has 2 aromatic rings. The van der Waals surface area contributed by atoms with E-state index in [0.717, 1.165) is 12.0 Å². The van der Waals surface area contributed by atoms with E-state index in [9.17, 15) is 9.59 Å². The lowest BCUT2D eigenvalue weighted by Gasteiger charge is -2.29. The predicted molar refractivity (Wildman–Crippen MR) is 118 cm³/mol. The van der Waals surface area contributed by atoms with Crippen molar-refractivity contribution in [3.63, 3.8) is 0 Å². The number of rotatable bonds is 10. The van der Waals surface area contributed by atoms with E-state index in [4.69, 9.17) is 21.1 Å². The number of ether oxygens (including phenoxy) is 2. The number of carbonyl (C=O) groups is 2. The van der Waals surface area contributed by atoms with E-state index in [2.05, 4.69) is 5.32 Å². The minimum Gasteiger partial charge on any atom is -0.497 e. The van der Waals surface area contributed by atoms with Gasteiger partial charge in [-0.1, -0.05) is 36.7 Å². The molecule has 2 rings (SSSR count). The van der Waals surface area contributed by atoms with Gasteiger partial charge in [0.25, 0.3) is 5.91 Å². The fourth-order valence-corrected chi connectivity index (χ4v) is 2.98. The first-order chi connectivity index (χ1) is 14.3. The van der Waals surface area contributed by atoms with Crippen LogP contribution in [0.4, 0.5) is 0 Å². The van der Waals surface area contributed by atoms with Crippen molar-refractivity contribution in [2.45, 2.75) is 45.8 Å². The molecule has 0 fully saturated rings. The predicted octanol–water partition coefficient (Wildman–Crippen LogP) is 4.06. The zero-order chi connectivity index (χ0) is 22.1. The quantitative estimate of drug-likeness (QED) is 0.614. The molecule has 0 heterocycles. The van der Waals surface area contributed by atoms with Gasteiger partial charge in [0.1, 0.15) is 17.5 Å². The van der Waals surface area contributed by atoms with Crippen molar-refractivity contribution in [1.82, 2.24) is 10.2 Å². The molecule has 0 aliphatic carbocycles. The van der Waals surface area contributed by atoms with Crippen LogP contribution in [0.5, 0.6) is 11.5 Å². The molecule has 0 unspecified atom stereocenters. The molecule has 6 nitrogen and oxygen atoms in total. The molecule has 162 valence electrons. The maximum Gasteiger partial charge on any atom is 0.261 e. The van der Waals surface area contributed by atoms with Gasteiger partial charge in [-0.05, 0) is 56.2 Å². The monoisotopic (exact) mass is 432 g/mol. The summed E-state index contributed by atoms with van der Waals surface area (Å²) >= 11 is 5.97. The zero-order valence-electron chi connectivity index (χ0n) is 17.9. The van der Waals surface area contributed by atoms with Gasteiger partial charge in [-0.2, -0.15) is 0 Å². The molecule has 0 bridgehead atoms. The molecule has 2 aromatic carbocycles. The molecule has 0 aliphatic rings. The SMILES string of the molecule is CC[C@H](C)NC(=O)[C@@H](C)N(Cc1cccc(OC)c1)C(=O)COc1cccc(Cl)c1. The molecule has 30 heavy (non-hydrogen) atoms. The Bertz CT molecular complexity index is 859. The topological polar surface area (TPSA) is 67.9 Å². The fraction of sp³-hybridized carbons (Fsp3) is 0.391. The molecule has 2 atom stereocenters. The average Bonchev–Trinajstić information content (AvgIpc) is 2.75. The highest BCUT2D eigenvalue weighted by Crippen LogP contribution is 2.19. The van der Waals surface area contributed by atoms with Gasteiger partial charge in [0.05, 0.1) is 7.11 Å². The standard InChI is InChI=1S/C23H29ClN2O4/c1-5-16(2)25-23(28)17(3)26(14-18-8-6-10-20(12-18)29-4)22(27)15-30-21-11-7-9-19(24)13-21/h6-13,16-17H,5,14-15H2,1-4H3,(H,25,28)/t16-,17+/m0/s1. The molecular formula is C23H29ClN2O4. The third-order valence-electron chi connectivity index (χ3n) is 4.81. The first kappa shape index (κ1) is 23.5. The van der Waals surface area contributed by atoms with Crippen LogP contribution >= 0.6 is 11.6 Å². The molecular weight excluding hydrogens is 404 g/mol. The molecule has 0 aliphatic heterocycles. The summed E-state index contributed by atoms with van der Waals surface area (Å²) in [6, 6.07) is 13.6. The van der Waals surface area contributed by atoms with Crippen LogP contribution < -0.4 is 14.8 Å². The molecule has 7 heteroatoms. The van der Waals surface area contributed by atoms with E-state index in [1.54, 1.807) is 38.3 Å². The van der Waals surface area contributed by atoms with Crippen LogP contribution in [0.15, 0.2) is 48.5 Å². The van der Waals surface area contributed by atoms with E-state index in [1.165, 1.54) is 4.90 Å². The zero-order valence-corrected chi connectivity index (χ0v) is 18.6. The Kier molecular flexibility index (Phi) is 8.99. The Hall–Kier alpha value is -2.73. The van der Waals surface area contributed by atoms with Gasteiger partial charge in [-0.15, -0.1) is 0 Å². The number of halogens is 1. The van der Waals surface area contributed by atoms with Crippen molar-refractivity contribution in [2.24, 2.45) is 0 Å². The van der Waals surface area contributed by atoms with Crippen LogP contribution in [-0.4, -0.2) is 42.5 Å². The highest BCUT2D eigenvalue weighted by molar-refractivity contribution is 6.30. The summed E-state index contributed by atoms with van der Waals surface area (Å²) in [4.78, 5) is 27.2. The number of amides is 2. The van der Waals surface area contributed by atoms with Crippen molar-refractivity contribution in [3.05, 3.63) is 59.1 Å². The molecule has 0 saturated carbocycles. The highest BCUT2D eigenvalue weighted by atomic mass is 35.5. The minimum absolute atomic E-state index is 0.0245. The Morgan fingerprint density at radius 3 is 2.47 bits per heavy atom. The number of nitrogens with one attached hydrogen (secondary N) is 1. The van der Waals surface area contributed by atoms with Gasteiger partial charge < -0.3 is 19.7 Å². The maximum atomic E-state index is 13.0. The summed E-state index contributed by atoms with van der Waals surface area (Å²) in [7, 11) is 1.59. The molecule has 0 aromatic heterocycles. The van der Waals surface area contributed by atoms with Crippen molar-refractivity contribution in [3.8, 4) is 11.5 Å². The Balaban J connectivity index is 2.17. The van der Waals surface area contributed by atoms with E-state index >= 15 is 0 Å². The van der Waals surface area contributed by atoms with E-state index in [1.807, 2.05) is 38.1 Å². The summed E-state index contributed by atoms with van der Waals surface area (Å²) < 4.78 is 10.9. The number of carbonyl (C=O) groups excluding carboxylic acids is 2. The summed E-state index contributed by atoms with van der Waals surface area (Å²) in [6.45, 7) is 5.69. The molecule has 1 N–H and O–H groups in total. The summed E-state index contributed by atoms with van der Waals surface area (Å²) in [6.07, 6.45) is 0.806. The molecule has 2 amide bonds. The molecule has 0 spiro atoms. The lowest BCUT2D eigenvalue weighted by atomic mass is 10.1. The van der Waals surface area contributed by atoms with Crippen LogP contribution in [0.2, 0.25) is 5.02 Å². The van der Waals surface area contributed by atoms with Crippen LogP contribution in [0.3, 0.4) is 0 Å². The smallest absolute Gasteiger partial charge is 0.261 e. The lowest BCUT2D eigenvalue weighted by Crippen LogP contribution is -2.50. The number of benzene rings is 2. The van der Waals surface area contributed by atoms with E-state index in [-0.39, 0.29) is 31.0 Å². The highest BCUT2D eigenvalue weighted by Gasteiger charge is 2.27. The Morgan fingerprint density at radius 2 is 1.80 bits per heavy atom. The first-order valence-electron chi connectivity index (χ1n) is 9.95. The third-order valence-corrected chi connectivity index (χ3v) is 5.05. The van der Waals surface area contributed by atoms with Gasteiger partial charge >= 0.3 is 0 Å². The number of hydrogen-bond donors (Lipinski definition) is 1. The lowest BCUT2D eigenvalue weighted by molar-refractivity contribution is -0.142. The van der Waals surface area contributed by atoms with Crippen molar-refractivity contribution >= 4 is 23.4 Å². The minimum atomic E-state index is -0.666.